The number of methoxy groups -OCH3 is 1. The van der Waals surface area contributed by atoms with E-state index in [0.29, 0.717) is 42.1 Å². The molecule has 2 heterocycles. The van der Waals surface area contributed by atoms with Gasteiger partial charge in [-0.15, -0.1) is 0 Å². The summed E-state index contributed by atoms with van der Waals surface area (Å²) in [4.78, 5) is 33.6. The molecule has 1 aromatic heterocycles. The predicted octanol–water partition coefficient (Wildman–Crippen LogP) is 8.04. The first-order valence-corrected chi connectivity index (χ1v) is 18.4. The summed E-state index contributed by atoms with van der Waals surface area (Å²) in [5, 5.41) is 1.04. The topological polar surface area (TPSA) is 79.1 Å². The van der Waals surface area contributed by atoms with E-state index in [-0.39, 0.29) is 24.3 Å². The summed E-state index contributed by atoms with van der Waals surface area (Å²) in [6, 6.07) is 25.2. The number of benzene rings is 4. The second-order valence-electron chi connectivity index (χ2n) is 10.5. The SMILES string of the molecule is CCOC(=O)C1=C(c2ccccc2)N=c2s/c(=C\c3cc(I)cc(I)c3OCc3ccc(Cl)cc3Cl)c(=O)n2[C@H]1c1ccc(OC)cc1. The van der Waals surface area contributed by atoms with Gasteiger partial charge in [0.25, 0.3) is 5.56 Å². The van der Waals surface area contributed by atoms with Gasteiger partial charge in [0.15, 0.2) is 4.80 Å². The normalized spacial score (nSPS) is 14.4. The number of aromatic nitrogens is 1. The van der Waals surface area contributed by atoms with Gasteiger partial charge in [-0.25, -0.2) is 9.79 Å². The number of halogens is 4. The Labute approximate surface area is 317 Å². The van der Waals surface area contributed by atoms with Crippen molar-refractivity contribution in [3.8, 4) is 11.5 Å². The first kappa shape index (κ1) is 34.7. The van der Waals surface area contributed by atoms with Crippen molar-refractivity contribution in [1.82, 2.24) is 4.57 Å². The van der Waals surface area contributed by atoms with Crippen LogP contribution in [0.3, 0.4) is 0 Å². The Morgan fingerprint density at radius 2 is 1.77 bits per heavy atom. The van der Waals surface area contributed by atoms with Gasteiger partial charge in [-0.05, 0) is 100 Å². The zero-order chi connectivity index (χ0) is 33.9. The maximum absolute atomic E-state index is 14.4. The molecule has 5 aromatic rings. The minimum absolute atomic E-state index is 0.166. The molecule has 1 atom stereocenters. The fraction of sp³-hybridized carbons (Fsp3) is 0.139. The van der Waals surface area contributed by atoms with Crippen molar-refractivity contribution in [3.63, 3.8) is 0 Å². The zero-order valence-electron chi connectivity index (χ0n) is 25.5. The number of ether oxygens (including phenoxy) is 3. The number of fused-ring (bicyclic) bond motifs is 1. The molecular formula is C36H26Cl2I2N2O5S. The average Bonchev–Trinajstić information content (AvgIpc) is 3.38. The molecule has 0 radical (unpaired) electrons. The van der Waals surface area contributed by atoms with Crippen molar-refractivity contribution >= 4 is 97.5 Å². The van der Waals surface area contributed by atoms with Crippen LogP contribution in [0.5, 0.6) is 11.5 Å². The monoisotopic (exact) mass is 922 g/mol. The third-order valence-corrected chi connectivity index (χ3v) is 10.5. The van der Waals surface area contributed by atoms with Crippen LogP contribution in [0, 0.1) is 7.14 Å². The third kappa shape index (κ3) is 7.23. The van der Waals surface area contributed by atoms with E-state index in [9.17, 15) is 9.59 Å². The van der Waals surface area contributed by atoms with Crippen LogP contribution in [0.4, 0.5) is 0 Å². The molecule has 48 heavy (non-hydrogen) atoms. The molecule has 4 aromatic carbocycles. The average molecular weight is 923 g/mol. The molecule has 0 fully saturated rings. The highest BCUT2D eigenvalue weighted by Gasteiger charge is 2.35. The van der Waals surface area contributed by atoms with Crippen molar-refractivity contribution in [2.75, 3.05) is 13.7 Å². The Morgan fingerprint density at radius 3 is 2.46 bits per heavy atom. The van der Waals surface area contributed by atoms with Crippen LogP contribution < -0.4 is 24.4 Å². The lowest BCUT2D eigenvalue weighted by Crippen LogP contribution is -2.40. The molecule has 0 saturated carbocycles. The largest absolute Gasteiger partial charge is 0.497 e. The molecular weight excluding hydrogens is 897 g/mol. The van der Waals surface area contributed by atoms with E-state index in [0.717, 1.165) is 23.8 Å². The molecule has 7 nitrogen and oxygen atoms in total. The first-order chi connectivity index (χ1) is 23.2. The Balaban J connectivity index is 1.55. The van der Waals surface area contributed by atoms with Crippen molar-refractivity contribution in [2.24, 2.45) is 4.99 Å². The summed E-state index contributed by atoms with van der Waals surface area (Å²) in [7, 11) is 1.59. The minimum Gasteiger partial charge on any atom is -0.497 e. The number of nitrogens with zero attached hydrogens (tertiary/aromatic N) is 2. The summed E-state index contributed by atoms with van der Waals surface area (Å²) in [6.07, 6.45) is 1.81. The Morgan fingerprint density at radius 1 is 1.02 bits per heavy atom. The highest BCUT2D eigenvalue weighted by molar-refractivity contribution is 14.1. The quantitative estimate of drug-likeness (QED) is 0.111. The van der Waals surface area contributed by atoms with Crippen molar-refractivity contribution in [2.45, 2.75) is 19.6 Å². The summed E-state index contributed by atoms with van der Waals surface area (Å²) in [5.74, 6) is 0.715. The van der Waals surface area contributed by atoms with E-state index >= 15 is 0 Å². The highest BCUT2D eigenvalue weighted by atomic mass is 127. The fourth-order valence-corrected chi connectivity index (χ4v) is 8.81. The lowest BCUT2D eigenvalue weighted by molar-refractivity contribution is -0.138. The Kier molecular flexibility index (Phi) is 11.0. The molecule has 0 amide bonds. The van der Waals surface area contributed by atoms with Gasteiger partial charge in [-0.3, -0.25) is 9.36 Å². The number of esters is 1. The molecule has 6 rings (SSSR count). The molecule has 0 unspecified atom stereocenters. The molecule has 0 spiro atoms. The van der Waals surface area contributed by atoms with Gasteiger partial charge in [0.1, 0.15) is 18.1 Å². The van der Waals surface area contributed by atoms with Gasteiger partial charge in [0, 0.05) is 30.3 Å². The molecule has 0 aliphatic carbocycles. The van der Waals surface area contributed by atoms with Crippen LogP contribution >= 0.6 is 79.7 Å². The highest BCUT2D eigenvalue weighted by Crippen LogP contribution is 2.36. The lowest BCUT2D eigenvalue weighted by atomic mass is 9.93. The van der Waals surface area contributed by atoms with Crippen LogP contribution in [0.25, 0.3) is 11.8 Å². The standard InChI is InChI=1S/C36H26Cl2I2N2O5S/c1-3-46-35(44)30-31(20-7-5-4-6-8-20)41-36-42(32(30)21-10-13-26(45-2)14-11-21)34(43)29(48-36)16-23-15-25(39)18-28(40)33(23)47-19-22-9-12-24(37)17-27(22)38/h4-18,32H,3,19H2,1-2H3/b29-16-/t32-/m0/s1. The number of hydrogen-bond donors (Lipinski definition) is 0. The van der Waals surface area contributed by atoms with Gasteiger partial charge in [-0.1, -0.05) is 83.1 Å². The number of carbonyl (C=O) groups excluding carboxylic acids is 1. The molecule has 1 aliphatic heterocycles. The Bertz CT molecular complexity index is 2240. The number of rotatable bonds is 9. The van der Waals surface area contributed by atoms with Gasteiger partial charge in [-0.2, -0.15) is 0 Å². The van der Waals surface area contributed by atoms with E-state index in [1.807, 2.05) is 66.7 Å². The lowest BCUT2D eigenvalue weighted by Gasteiger charge is -2.26. The molecule has 1 aliphatic rings. The maximum Gasteiger partial charge on any atom is 0.338 e. The molecule has 244 valence electrons. The molecule has 12 heteroatoms. The van der Waals surface area contributed by atoms with E-state index in [1.54, 1.807) is 42.9 Å². The Hall–Kier alpha value is -3.17. The number of hydrogen-bond acceptors (Lipinski definition) is 7. The smallest absolute Gasteiger partial charge is 0.338 e. The van der Waals surface area contributed by atoms with Crippen molar-refractivity contribution in [3.05, 3.63) is 150 Å². The zero-order valence-corrected chi connectivity index (χ0v) is 32.2. The summed E-state index contributed by atoms with van der Waals surface area (Å²) in [5.41, 5.74) is 3.38. The fourth-order valence-electron chi connectivity index (χ4n) is 5.31. The number of carbonyl (C=O) groups is 1. The van der Waals surface area contributed by atoms with Gasteiger partial charge < -0.3 is 14.2 Å². The summed E-state index contributed by atoms with van der Waals surface area (Å²) >= 11 is 18.2. The minimum atomic E-state index is -0.803. The van der Waals surface area contributed by atoms with Gasteiger partial charge in [0.2, 0.25) is 0 Å². The van der Waals surface area contributed by atoms with Gasteiger partial charge >= 0.3 is 5.97 Å². The van der Waals surface area contributed by atoms with Crippen molar-refractivity contribution < 1.29 is 19.0 Å². The second-order valence-corrected chi connectivity index (χ2v) is 14.8. The van der Waals surface area contributed by atoms with E-state index in [1.165, 1.54) is 11.3 Å². The van der Waals surface area contributed by atoms with Gasteiger partial charge in [0.05, 0.1) is 39.1 Å². The van der Waals surface area contributed by atoms with Crippen molar-refractivity contribution in [1.29, 1.82) is 0 Å². The second kappa shape index (κ2) is 15.2. The van der Waals surface area contributed by atoms with E-state index < -0.39 is 12.0 Å². The summed E-state index contributed by atoms with van der Waals surface area (Å²) in [6.45, 7) is 2.12. The predicted molar refractivity (Wildman–Crippen MR) is 207 cm³/mol. The van der Waals surface area contributed by atoms with Crippen LogP contribution in [0.2, 0.25) is 10.0 Å². The van der Waals surface area contributed by atoms with Crippen LogP contribution in [0.1, 0.15) is 35.2 Å². The molecule has 0 N–H and O–H groups in total. The summed E-state index contributed by atoms with van der Waals surface area (Å²) < 4.78 is 21.1. The molecule has 0 bridgehead atoms. The first-order valence-electron chi connectivity index (χ1n) is 14.7. The number of thiazole rings is 1. The van der Waals surface area contributed by atoms with Crippen LogP contribution in [0.15, 0.2) is 100 Å². The molecule has 0 saturated heterocycles. The maximum atomic E-state index is 14.4. The van der Waals surface area contributed by atoms with Crippen LogP contribution in [-0.4, -0.2) is 24.3 Å². The van der Waals surface area contributed by atoms with E-state index in [2.05, 4.69) is 45.2 Å². The third-order valence-electron chi connectivity index (χ3n) is 7.52. The van der Waals surface area contributed by atoms with E-state index in [4.69, 9.17) is 42.4 Å². The van der Waals surface area contributed by atoms with Crippen LogP contribution in [-0.2, 0) is 16.1 Å².